The van der Waals surface area contributed by atoms with E-state index in [0.29, 0.717) is 5.15 Å². The number of rotatable bonds is 6. The first kappa shape index (κ1) is 16.0. The van der Waals surface area contributed by atoms with Gasteiger partial charge >= 0.3 is 0 Å². The molecule has 0 spiro atoms. The average Bonchev–Trinajstić information content (AvgIpc) is 3.01. The van der Waals surface area contributed by atoms with Crippen LogP contribution in [-0.2, 0) is 5.75 Å². The fourth-order valence-electron chi connectivity index (χ4n) is 1.86. The fraction of sp³-hybridized carbons (Fsp3) is 0.133. The number of nitrogens with zero attached hydrogens (tertiary/aromatic N) is 3. The molecule has 8 heteroatoms. The summed E-state index contributed by atoms with van der Waals surface area (Å²) in [5.74, 6) is 1.54. The number of halogens is 1. The fourth-order valence-corrected chi connectivity index (χ4v) is 3.76. The Balaban J connectivity index is 1.64. The van der Waals surface area contributed by atoms with Crippen LogP contribution in [0.3, 0.4) is 0 Å². The lowest BCUT2D eigenvalue weighted by Crippen LogP contribution is -1.93. The number of para-hydroxylation sites is 2. The van der Waals surface area contributed by atoms with Crippen LogP contribution in [0.1, 0.15) is 5.56 Å². The predicted octanol–water partition coefficient (Wildman–Crippen LogP) is 4.63. The average molecular weight is 365 g/mol. The first-order chi connectivity index (χ1) is 11.2. The molecule has 1 N–H and O–H groups in total. The molecule has 118 valence electrons. The van der Waals surface area contributed by atoms with Gasteiger partial charge in [0.05, 0.1) is 12.8 Å². The molecule has 0 aliphatic rings. The zero-order valence-electron chi connectivity index (χ0n) is 12.2. The number of thioether (sulfide) groups is 1. The van der Waals surface area contributed by atoms with Gasteiger partial charge in [0.2, 0.25) is 5.13 Å². The number of aromatic nitrogens is 3. The monoisotopic (exact) mass is 364 g/mol. The summed E-state index contributed by atoms with van der Waals surface area (Å²) < 4.78 is 6.20. The third kappa shape index (κ3) is 4.34. The molecule has 0 fully saturated rings. The number of ether oxygens (including phenoxy) is 1. The van der Waals surface area contributed by atoms with E-state index in [1.807, 2.05) is 36.4 Å². The number of benzene rings is 1. The lowest BCUT2D eigenvalue weighted by Gasteiger charge is -2.07. The zero-order valence-corrected chi connectivity index (χ0v) is 14.6. The van der Waals surface area contributed by atoms with E-state index >= 15 is 0 Å². The summed E-state index contributed by atoms with van der Waals surface area (Å²) in [7, 11) is 1.64. The minimum atomic E-state index is 0.499. The number of pyridine rings is 1. The van der Waals surface area contributed by atoms with Crippen LogP contribution in [0.5, 0.6) is 5.75 Å². The lowest BCUT2D eigenvalue weighted by molar-refractivity contribution is 0.417. The van der Waals surface area contributed by atoms with Crippen molar-refractivity contribution >= 4 is 45.5 Å². The Labute approximate surface area is 147 Å². The molecule has 0 radical (unpaired) electrons. The molecule has 1 aromatic carbocycles. The summed E-state index contributed by atoms with van der Waals surface area (Å²) in [4.78, 5) is 3.97. The van der Waals surface area contributed by atoms with Gasteiger partial charge in [0.15, 0.2) is 4.34 Å². The van der Waals surface area contributed by atoms with E-state index in [9.17, 15) is 0 Å². The molecular weight excluding hydrogens is 352 g/mol. The maximum atomic E-state index is 5.88. The molecule has 0 saturated carbocycles. The number of hydrogen-bond acceptors (Lipinski definition) is 7. The molecule has 0 saturated heterocycles. The minimum Gasteiger partial charge on any atom is -0.495 e. The summed E-state index contributed by atoms with van der Waals surface area (Å²) in [6, 6.07) is 11.5. The van der Waals surface area contributed by atoms with Gasteiger partial charge in [0.25, 0.3) is 0 Å². The van der Waals surface area contributed by atoms with Crippen LogP contribution in [0.4, 0.5) is 10.8 Å². The van der Waals surface area contributed by atoms with Gasteiger partial charge < -0.3 is 10.1 Å². The third-order valence-electron chi connectivity index (χ3n) is 2.91. The minimum absolute atomic E-state index is 0.499. The van der Waals surface area contributed by atoms with Gasteiger partial charge in [-0.2, -0.15) is 0 Å². The summed E-state index contributed by atoms with van der Waals surface area (Å²) in [6.07, 6.45) is 1.70. The van der Waals surface area contributed by atoms with Crippen LogP contribution in [0.15, 0.2) is 46.9 Å². The van der Waals surface area contributed by atoms with Gasteiger partial charge in [-0.3, -0.25) is 0 Å². The van der Waals surface area contributed by atoms with Gasteiger partial charge in [-0.05, 0) is 29.8 Å². The molecule has 23 heavy (non-hydrogen) atoms. The Bertz CT molecular complexity index is 796. The van der Waals surface area contributed by atoms with E-state index in [1.165, 1.54) is 11.3 Å². The molecule has 3 rings (SSSR count). The van der Waals surface area contributed by atoms with Crippen molar-refractivity contribution in [2.75, 3.05) is 12.4 Å². The first-order valence-corrected chi connectivity index (χ1v) is 8.89. The molecular formula is C15H13ClN4OS2. The van der Waals surface area contributed by atoms with Crippen molar-refractivity contribution in [3.8, 4) is 5.75 Å². The lowest BCUT2D eigenvalue weighted by atomic mass is 10.3. The summed E-state index contributed by atoms with van der Waals surface area (Å²) in [5, 5.41) is 12.8. The van der Waals surface area contributed by atoms with Crippen LogP contribution in [0.25, 0.3) is 0 Å². The summed E-state index contributed by atoms with van der Waals surface area (Å²) >= 11 is 8.99. The SMILES string of the molecule is COc1ccccc1Nc1nnc(SCc2ccnc(Cl)c2)s1. The van der Waals surface area contributed by atoms with Crippen molar-refractivity contribution in [3.05, 3.63) is 53.3 Å². The molecule has 2 aromatic heterocycles. The van der Waals surface area contributed by atoms with Crippen molar-refractivity contribution in [3.63, 3.8) is 0 Å². The highest BCUT2D eigenvalue weighted by Gasteiger charge is 2.08. The Morgan fingerprint density at radius 1 is 1.26 bits per heavy atom. The molecule has 5 nitrogen and oxygen atoms in total. The maximum Gasteiger partial charge on any atom is 0.210 e. The highest BCUT2D eigenvalue weighted by atomic mass is 35.5. The zero-order chi connectivity index (χ0) is 16.1. The second-order valence-corrected chi connectivity index (χ2v) is 7.06. The smallest absolute Gasteiger partial charge is 0.210 e. The quantitative estimate of drug-likeness (QED) is 0.508. The van der Waals surface area contributed by atoms with E-state index in [-0.39, 0.29) is 0 Å². The van der Waals surface area contributed by atoms with Crippen LogP contribution >= 0.6 is 34.7 Å². The number of anilines is 2. The number of nitrogens with one attached hydrogen (secondary N) is 1. The first-order valence-electron chi connectivity index (χ1n) is 6.71. The van der Waals surface area contributed by atoms with Crippen molar-refractivity contribution in [2.24, 2.45) is 0 Å². The topological polar surface area (TPSA) is 59.9 Å². The van der Waals surface area contributed by atoms with Crippen LogP contribution < -0.4 is 10.1 Å². The van der Waals surface area contributed by atoms with E-state index < -0.39 is 0 Å². The molecule has 0 unspecified atom stereocenters. The Kier molecular flexibility index (Phi) is 5.32. The highest BCUT2D eigenvalue weighted by molar-refractivity contribution is 8.00. The molecule has 3 aromatic rings. The highest BCUT2D eigenvalue weighted by Crippen LogP contribution is 2.32. The second kappa shape index (κ2) is 7.63. The summed E-state index contributed by atoms with van der Waals surface area (Å²) in [6.45, 7) is 0. The Morgan fingerprint density at radius 2 is 2.13 bits per heavy atom. The van der Waals surface area contributed by atoms with Crippen LogP contribution in [0, 0.1) is 0 Å². The van der Waals surface area contributed by atoms with Crippen molar-refractivity contribution < 1.29 is 4.74 Å². The maximum absolute atomic E-state index is 5.88. The van der Waals surface area contributed by atoms with E-state index in [2.05, 4.69) is 20.5 Å². The number of hydrogen-bond donors (Lipinski definition) is 1. The molecule has 0 aliphatic carbocycles. The van der Waals surface area contributed by atoms with Gasteiger partial charge in [-0.25, -0.2) is 4.98 Å². The van der Waals surface area contributed by atoms with Gasteiger partial charge in [-0.1, -0.05) is 46.8 Å². The second-order valence-electron chi connectivity index (χ2n) is 4.47. The predicted molar refractivity (Wildman–Crippen MR) is 95.0 cm³/mol. The van der Waals surface area contributed by atoms with Crippen molar-refractivity contribution in [1.29, 1.82) is 0 Å². The van der Waals surface area contributed by atoms with Gasteiger partial charge in [0.1, 0.15) is 10.9 Å². The van der Waals surface area contributed by atoms with Gasteiger partial charge in [0, 0.05) is 11.9 Å². The van der Waals surface area contributed by atoms with Crippen LogP contribution in [0.2, 0.25) is 5.15 Å². The van der Waals surface area contributed by atoms with E-state index in [4.69, 9.17) is 16.3 Å². The standard InChI is InChI=1S/C15H13ClN4OS2/c1-21-12-5-3-2-4-11(12)18-14-19-20-15(23-14)22-9-10-6-7-17-13(16)8-10/h2-8H,9H2,1H3,(H,18,19). The molecule has 0 amide bonds. The number of methoxy groups -OCH3 is 1. The van der Waals surface area contributed by atoms with E-state index in [1.54, 1.807) is 25.1 Å². The molecule has 0 atom stereocenters. The largest absolute Gasteiger partial charge is 0.495 e. The Hall–Kier alpha value is -1.83. The van der Waals surface area contributed by atoms with Crippen molar-refractivity contribution in [1.82, 2.24) is 15.2 Å². The molecule has 0 bridgehead atoms. The van der Waals surface area contributed by atoms with E-state index in [0.717, 1.165) is 32.2 Å². The molecule has 0 aliphatic heterocycles. The van der Waals surface area contributed by atoms with Crippen molar-refractivity contribution in [2.45, 2.75) is 10.1 Å². The summed E-state index contributed by atoms with van der Waals surface area (Å²) in [5.41, 5.74) is 1.97. The van der Waals surface area contributed by atoms with Crippen LogP contribution in [-0.4, -0.2) is 22.3 Å². The van der Waals surface area contributed by atoms with Gasteiger partial charge in [-0.15, -0.1) is 10.2 Å². The normalized spacial score (nSPS) is 10.5. The Morgan fingerprint density at radius 3 is 2.96 bits per heavy atom. The molecule has 2 heterocycles. The third-order valence-corrected chi connectivity index (χ3v) is 5.16.